The van der Waals surface area contributed by atoms with Crippen molar-refractivity contribution in [3.8, 4) is 0 Å². The number of halogens is 2. The number of rotatable bonds is 4. The summed E-state index contributed by atoms with van der Waals surface area (Å²) in [7, 11) is -3.07. The van der Waals surface area contributed by atoms with Gasteiger partial charge in [-0.05, 0) is 30.5 Å². The molecular weight excluding hydrogens is 298 g/mol. The maximum atomic E-state index is 14.2. The Morgan fingerprint density at radius 1 is 1.14 bits per heavy atom. The Morgan fingerprint density at radius 2 is 1.71 bits per heavy atom. The molecule has 1 N–H and O–H groups in total. The van der Waals surface area contributed by atoms with Crippen molar-refractivity contribution in [1.82, 2.24) is 5.32 Å². The van der Waals surface area contributed by atoms with Gasteiger partial charge in [0.1, 0.15) is 17.3 Å². The highest BCUT2D eigenvalue weighted by molar-refractivity contribution is 7.91. The molecule has 0 unspecified atom stereocenters. The normalized spacial score (nSPS) is 21.5. The highest BCUT2D eigenvalue weighted by Crippen LogP contribution is 2.27. The molecule has 1 aromatic carbocycles. The van der Waals surface area contributed by atoms with Crippen molar-refractivity contribution in [2.75, 3.05) is 29.5 Å². The highest BCUT2D eigenvalue weighted by atomic mass is 32.2. The highest BCUT2D eigenvalue weighted by Gasteiger charge is 2.26. The molecule has 1 heterocycles. The molecule has 116 valence electrons. The average Bonchev–Trinajstić information content (AvgIpc) is 3.21. The Balaban J connectivity index is 1.75. The van der Waals surface area contributed by atoms with Gasteiger partial charge in [-0.1, -0.05) is 0 Å². The quantitative estimate of drug-likeness (QED) is 0.913. The summed E-state index contributed by atoms with van der Waals surface area (Å²) in [6, 6.07) is 3.14. The standard InChI is InChI=1S/C14H18F2N2O2S/c15-12-7-10(9-17-11-1-2-11)8-13(16)14(12)18-3-5-21(19,20)6-4-18/h7-8,11,17H,1-6,9H2. The second kappa shape index (κ2) is 5.53. The van der Waals surface area contributed by atoms with Gasteiger partial charge in [0.2, 0.25) is 0 Å². The second-order valence-electron chi connectivity index (χ2n) is 5.70. The van der Waals surface area contributed by atoms with Crippen LogP contribution in [0.4, 0.5) is 14.5 Å². The van der Waals surface area contributed by atoms with E-state index in [0.717, 1.165) is 12.8 Å². The van der Waals surface area contributed by atoms with E-state index < -0.39 is 21.5 Å². The number of anilines is 1. The van der Waals surface area contributed by atoms with Gasteiger partial charge in [-0.25, -0.2) is 17.2 Å². The van der Waals surface area contributed by atoms with E-state index in [0.29, 0.717) is 18.2 Å². The van der Waals surface area contributed by atoms with Crippen LogP contribution in [-0.4, -0.2) is 39.1 Å². The molecule has 0 aromatic heterocycles. The molecule has 2 aliphatic rings. The molecule has 4 nitrogen and oxygen atoms in total. The van der Waals surface area contributed by atoms with E-state index in [2.05, 4.69) is 5.32 Å². The van der Waals surface area contributed by atoms with Gasteiger partial charge in [0.05, 0.1) is 11.5 Å². The molecule has 1 aliphatic carbocycles. The first-order chi connectivity index (χ1) is 9.94. The van der Waals surface area contributed by atoms with Crippen molar-refractivity contribution in [1.29, 1.82) is 0 Å². The van der Waals surface area contributed by atoms with Crippen LogP contribution in [0, 0.1) is 11.6 Å². The molecule has 0 radical (unpaired) electrons. The van der Waals surface area contributed by atoms with Gasteiger partial charge >= 0.3 is 0 Å². The summed E-state index contributed by atoms with van der Waals surface area (Å²) in [5.74, 6) is -1.36. The van der Waals surface area contributed by atoms with Crippen LogP contribution in [0.5, 0.6) is 0 Å². The van der Waals surface area contributed by atoms with E-state index in [-0.39, 0.29) is 30.3 Å². The number of sulfone groups is 1. The number of hydrogen-bond acceptors (Lipinski definition) is 4. The summed E-state index contributed by atoms with van der Waals surface area (Å²) in [6.07, 6.45) is 2.23. The average molecular weight is 316 g/mol. The zero-order valence-corrected chi connectivity index (χ0v) is 12.4. The lowest BCUT2D eigenvalue weighted by Gasteiger charge is -2.29. The zero-order chi connectivity index (χ0) is 15.0. The van der Waals surface area contributed by atoms with Gasteiger partial charge in [0, 0.05) is 25.7 Å². The molecule has 21 heavy (non-hydrogen) atoms. The minimum Gasteiger partial charge on any atom is -0.365 e. The molecule has 0 spiro atoms. The van der Waals surface area contributed by atoms with Crippen LogP contribution in [0.2, 0.25) is 0 Å². The minimum atomic E-state index is -3.07. The van der Waals surface area contributed by atoms with Crippen LogP contribution in [0.15, 0.2) is 12.1 Å². The molecule has 0 atom stereocenters. The van der Waals surface area contributed by atoms with Crippen molar-refractivity contribution >= 4 is 15.5 Å². The van der Waals surface area contributed by atoms with E-state index in [9.17, 15) is 17.2 Å². The van der Waals surface area contributed by atoms with Gasteiger partial charge in [-0.15, -0.1) is 0 Å². The Morgan fingerprint density at radius 3 is 2.24 bits per heavy atom. The predicted octanol–water partition coefficient (Wildman–Crippen LogP) is 1.45. The fraction of sp³-hybridized carbons (Fsp3) is 0.571. The minimum absolute atomic E-state index is 0.0587. The van der Waals surface area contributed by atoms with Crippen molar-refractivity contribution < 1.29 is 17.2 Å². The van der Waals surface area contributed by atoms with E-state index in [4.69, 9.17) is 0 Å². The number of nitrogens with one attached hydrogen (secondary N) is 1. The summed E-state index contributed by atoms with van der Waals surface area (Å²) >= 11 is 0. The van der Waals surface area contributed by atoms with Crippen molar-refractivity contribution in [3.63, 3.8) is 0 Å². The first kappa shape index (κ1) is 14.7. The fourth-order valence-corrected chi connectivity index (χ4v) is 3.71. The summed E-state index contributed by atoms with van der Waals surface area (Å²) in [4.78, 5) is 1.48. The van der Waals surface area contributed by atoms with E-state index in [1.807, 2.05) is 0 Å². The largest absolute Gasteiger partial charge is 0.365 e. The number of hydrogen-bond donors (Lipinski definition) is 1. The van der Waals surface area contributed by atoms with Crippen LogP contribution in [0.1, 0.15) is 18.4 Å². The van der Waals surface area contributed by atoms with E-state index >= 15 is 0 Å². The molecule has 1 saturated carbocycles. The third-order valence-corrected chi connectivity index (χ3v) is 5.52. The summed E-state index contributed by atoms with van der Waals surface area (Å²) in [6.45, 7) is 0.721. The zero-order valence-electron chi connectivity index (χ0n) is 11.6. The third kappa shape index (κ3) is 3.52. The first-order valence-corrected chi connectivity index (χ1v) is 8.93. The topological polar surface area (TPSA) is 49.4 Å². The third-order valence-electron chi connectivity index (χ3n) is 3.91. The lowest BCUT2D eigenvalue weighted by atomic mass is 10.1. The second-order valence-corrected chi connectivity index (χ2v) is 8.01. The van der Waals surface area contributed by atoms with Crippen LogP contribution in [-0.2, 0) is 16.4 Å². The summed E-state index contributed by atoms with van der Waals surface area (Å²) in [5.41, 5.74) is 0.463. The Labute approximate surface area is 123 Å². The smallest absolute Gasteiger partial charge is 0.153 e. The van der Waals surface area contributed by atoms with Crippen molar-refractivity contribution in [2.45, 2.75) is 25.4 Å². The van der Waals surface area contributed by atoms with Gasteiger partial charge in [0.25, 0.3) is 0 Å². The Bertz CT molecular complexity index is 607. The lowest BCUT2D eigenvalue weighted by molar-refractivity contribution is 0.557. The lowest BCUT2D eigenvalue weighted by Crippen LogP contribution is -2.41. The van der Waals surface area contributed by atoms with Crippen LogP contribution in [0.3, 0.4) is 0 Å². The van der Waals surface area contributed by atoms with Gasteiger partial charge < -0.3 is 10.2 Å². The predicted molar refractivity (Wildman–Crippen MR) is 77.1 cm³/mol. The van der Waals surface area contributed by atoms with Gasteiger partial charge in [-0.3, -0.25) is 0 Å². The Kier molecular flexibility index (Phi) is 3.88. The maximum absolute atomic E-state index is 14.2. The fourth-order valence-electron chi connectivity index (χ4n) is 2.51. The molecule has 7 heteroatoms. The van der Waals surface area contributed by atoms with Crippen LogP contribution < -0.4 is 10.2 Å². The maximum Gasteiger partial charge on any atom is 0.153 e. The first-order valence-electron chi connectivity index (χ1n) is 7.11. The van der Waals surface area contributed by atoms with Gasteiger partial charge in [-0.2, -0.15) is 0 Å². The Hall–Kier alpha value is -1.21. The van der Waals surface area contributed by atoms with E-state index in [1.54, 1.807) is 0 Å². The summed E-state index contributed by atoms with van der Waals surface area (Å²) < 4.78 is 51.1. The molecule has 1 aromatic rings. The van der Waals surface area contributed by atoms with Crippen LogP contribution in [0.25, 0.3) is 0 Å². The van der Waals surface area contributed by atoms with Crippen molar-refractivity contribution in [2.24, 2.45) is 0 Å². The molecule has 0 bridgehead atoms. The molecule has 2 fully saturated rings. The molecule has 0 amide bonds. The molecular formula is C14H18F2N2O2S. The van der Waals surface area contributed by atoms with Gasteiger partial charge in [0.15, 0.2) is 9.84 Å². The SMILES string of the molecule is O=S1(=O)CCN(c2c(F)cc(CNC3CC3)cc2F)CC1. The van der Waals surface area contributed by atoms with E-state index in [1.165, 1.54) is 17.0 Å². The molecule has 1 saturated heterocycles. The number of benzene rings is 1. The summed E-state index contributed by atoms with van der Waals surface area (Å²) in [5, 5.41) is 3.21. The molecule has 3 rings (SSSR count). The van der Waals surface area contributed by atoms with Crippen molar-refractivity contribution in [3.05, 3.63) is 29.3 Å². The number of nitrogens with zero attached hydrogens (tertiary/aromatic N) is 1. The molecule has 1 aliphatic heterocycles. The monoisotopic (exact) mass is 316 g/mol. The van der Waals surface area contributed by atoms with Crippen LogP contribution >= 0.6 is 0 Å².